The topological polar surface area (TPSA) is 20.3 Å². The Bertz CT molecular complexity index is 245. The molecule has 0 spiro atoms. The third-order valence-corrected chi connectivity index (χ3v) is 4.67. The first-order valence-corrected chi connectivity index (χ1v) is 5.92. The van der Waals surface area contributed by atoms with Crippen LogP contribution in [-0.4, -0.2) is 29.8 Å². The van der Waals surface area contributed by atoms with Gasteiger partial charge in [0, 0.05) is 12.5 Å². The van der Waals surface area contributed by atoms with Crippen LogP contribution in [-0.2, 0) is 4.79 Å². The van der Waals surface area contributed by atoms with Crippen molar-refractivity contribution < 1.29 is 4.79 Å². The monoisotopic (exact) mass is 195 g/mol. The van der Waals surface area contributed by atoms with Crippen LogP contribution in [0, 0.1) is 11.3 Å². The molecule has 3 saturated heterocycles. The van der Waals surface area contributed by atoms with Crippen molar-refractivity contribution in [2.24, 2.45) is 11.3 Å². The van der Waals surface area contributed by atoms with Crippen LogP contribution in [0.25, 0.3) is 0 Å². The minimum atomic E-state index is 0.194. The van der Waals surface area contributed by atoms with E-state index in [1.165, 1.54) is 0 Å². The average molecular weight is 195 g/mol. The quantitative estimate of drug-likeness (QED) is 0.672. The summed E-state index contributed by atoms with van der Waals surface area (Å²) in [5, 5.41) is 0. The van der Waals surface area contributed by atoms with Gasteiger partial charge in [-0.05, 0) is 38.1 Å². The molecule has 3 unspecified atom stereocenters. The van der Waals surface area contributed by atoms with E-state index in [1.54, 1.807) is 0 Å². The number of rotatable bonds is 2. The van der Waals surface area contributed by atoms with Crippen LogP contribution in [0.3, 0.4) is 0 Å². The smallest absolute Gasteiger partial charge is 0.153 e. The number of hydrogen-bond donors (Lipinski definition) is 0. The predicted molar refractivity (Wildman–Crippen MR) is 57.2 cm³/mol. The van der Waals surface area contributed by atoms with E-state index < -0.39 is 0 Å². The van der Waals surface area contributed by atoms with E-state index >= 15 is 0 Å². The van der Waals surface area contributed by atoms with Gasteiger partial charge in [0.15, 0.2) is 5.78 Å². The van der Waals surface area contributed by atoms with Gasteiger partial charge in [0.1, 0.15) is 0 Å². The molecule has 0 aromatic heterocycles. The molecular weight excluding hydrogens is 174 g/mol. The normalized spacial score (nSPS) is 40.2. The molecule has 0 aliphatic carbocycles. The lowest BCUT2D eigenvalue weighted by Gasteiger charge is -2.54. The lowest BCUT2D eigenvalue weighted by molar-refractivity contribution is -0.150. The molecule has 3 rings (SSSR count). The van der Waals surface area contributed by atoms with E-state index in [-0.39, 0.29) is 6.04 Å². The van der Waals surface area contributed by atoms with Crippen molar-refractivity contribution in [3.8, 4) is 0 Å². The molecule has 0 aromatic carbocycles. The van der Waals surface area contributed by atoms with Gasteiger partial charge in [-0.15, -0.1) is 0 Å². The van der Waals surface area contributed by atoms with Gasteiger partial charge >= 0.3 is 0 Å². The second-order valence-corrected chi connectivity index (χ2v) is 4.96. The minimum absolute atomic E-state index is 0.194. The van der Waals surface area contributed by atoms with Crippen LogP contribution in [0.2, 0.25) is 0 Å². The first-order valence-electron chi connectivity index (χ1n) is 5.92. The zero-order valence-corrected chi connectivity index (χ0v) is 9.55. The van der Waals surface area contributed by atoms with Crippen LogP contribution in [0.5, 0.6) is 0 Å². The molecule has 0 amide bonds. The number of Topliss-reactive ketones (excluding diaryl/α,β-unsaturated/α-hetero) is 1. The summed E-state index contributed by atoms with van der Waals surface area (Å²) in [6, 6.07) is 0.194. The van der Waals surface area contributed by atoms with E-state index in [1.807, 2.05) is 0 Å². The largest absolute Gasteiger partial charge is 0.298 e. The van der Waals surface area contributed by atoms with Crippen molar-refractivity contribution >= 4 is 5.78 Å². The molecule has 0 saturated carbocycles. The second-order valence-electron chi connectivity index (χ2n) is 4.96. The van der Waals surface area contributed by atoms with Gasteiger partial charge in [0.05, 0.1) is 6.04 Å². The Balaban J connectivity index is 2.30. The van der Waals surface area contributed by atoms with Crippen LogP contribution in [0.1, 0.15) is 40.0 Å². The summed E-state index contributed by atoms with van der Waals surface area (Å²) >= 11 is 0. The standard InChI is InChI=1S/C12H21NO/c1-4-12(5-2)8-13-7-6-10(12)11(14)9(13)3/h9-10H,4-8H2,1-3H3. The maximum absolute atomic E-state index is 12.1. The van der Waals surface area contributed by atoms with Crippen molar-refractivity contribution in [3.63, 3.8) is 0 Å². The molecule has 80 valence electrons. The Hall–Kier alpha value is -0.370. The van der Waals surface area contributed by atoms with Crippen molar-refractivity contribution in [1.29, 1.82) is 0 Å². The number of ketones is 1. The average Bonchev–Trinajstić information content (AvgIpc) is 2.24. The third kappa shape index (κ3) is 1.16. The van der Waals surface area contributed by atoms with E-state index in [0.717, 1.165) is 32.4 Å². The predicted octanol–water partition coefficient (Wildman–Crippen LogP) is 2.09. The van der Waals surface area contributed by atoms with Gasteiger partial charge < -0.3 is 0 Å². The van der Waals surface area contributed by atoms with Crippen LogP contribution in [0.4, 0.5) is 0 Å². The maximum atomic E-state index is 12.1. The highest BCUT2D eigenvalue weighted by Crippen LogP contribution is 2.46. The molecule has 3 fully saturated rings. The summed E-state index contributed by atoms with van der Waals surface area (Å²) in [6.45, 7) is 8.84. The molecule has 14 heavy (non-hydrogen) atoms. The van der Waals surface area contributed by atoms with E-state index in [9.17, 15) is 4.79 Å². The SMILES string of the molecule is CCC1(CC)CN2CCC1C(=O)C2C. The number of carbonyl (C=O) groups is 1. The van der Waals surface area contributed by atoms with Crippen LogP contribution < -0.4 is 0 Å². The molecule has 2 heteroatoms. The zero-order valence-electron chi connectivity index (χ0n) is 9.55. The molecule has 3 atom stereocenters. The van der Waals surface area contributed by atoms with Gasteiger partial charge in [-0.3, -0.25) is 9.69 Å². The third-order valence-electron chi connectivity index (χ3n) is 4.67. The number of nitrogens with zero attached hydrogens (tertiary/aromatic N) is 1. The molecular formula is C12H21NO. The Kier molecular flexibility index (Phi) is 2.42. The fourth-order valence-electron chi connectivity index (χ4n) is 3.41. The molecule has 2 nitrogen and oxygen atoms in total. The number of carbonyl (C=O) groups excluding carboxylic acids is 1. The number of hydrogen-bond acceptors (Lipinski definition) is 2. The number of fused-ring (bicyclic) bond motifs is 3. The fraction of sp³-hybridized carbons (Fsp3) is 0.917. The van der Waals surface area contributed by atoms with Crippen LogP contribution in [0.15, 0.2) is 0 Å². The second kappa shape index (κ2) is 3.34. The fourth-order valence-corrected chi connectivity index (χ4v) is 3.41. The van der Waals surface area contributed by atoms with Gasteiger partial charge in [-0.2, -0.15) is 0 Å². The Labute approximate surface area is 86.7 Å². The first-order chi connectivity index (χ1) is 6.64. The van der Waals surface area contributed by atoms with Crippen molar-refractivity contribution in [2.45, 2.75) is 46.1 Å². The highest BCUT2D eigenvalue weighted by molar-refractivity contribution is 5.88. The molecule has 2 bridgehead atoms. The molecule has 3 heterocycles. The van der Waals surface area contributed by atoms with Crippen LogP contribution >= 0.6 is 0 Å². The summed E-state index contributed by atoms with van der Waals surface area (Å²) in [5.74, 6) is 0.865. The summed E-state index contributed by atoms with van der Waals surface area (Å²) in [6.07, 6.45) is 3.41. The highest BCUT2D eigenvalue weighted by Gasteiger charge is 2.51. The summed E-state index contributed by atoms with van der Waals surface area (Å²) in [4.78, 5) is 14.5. The van der Waals surface area contributed by atoms with Gasteiger partial charge in [-0.1, -0.05) is 13.8 Å². The van der Waals surface area contributed by atoms with E-state index in [0.29, 0.717) is 17.1 Å². The molecule has 0 N–H and O–H groups in total. The van der Waals surface area contributed by atoms with E-state index in [4.69, 9.17) is 0 Å². The Morgan fingerprint density at radius 2 is 2.07 bits per heavy atom. The molecule has 3 aliphatic rings. The summed E-state index contributed by atoms with van der Waals surface area (Å²) in [5.41, 5.74) is 0.307. The molecule has 0 aromatic rings. The summed E-state index contributed by atoms with van der Waals surface area (Å²) in [7, 11) is 0. The van der Waals surface area contributed by atoms with Crippen molar-refractivity contribution in [3.05, 3.63) is 0 Å². The molecule has 3 aliphatic heterocycles. The van der Waals surface area contributed by atoms with Crippen molar-refractivity contribution in [2.75, 3.05) is 13.1 Å². The number of piperidine rings is 3. The lowest BCUT2D eigenvalue weighted by Crippen LogP contribution is -2.63. The van der Waals surface area contributed by atoms with Crippen molar-refractivity contribution in [1.82, 2.24) is 4.90 Å². The molecule has 0 radical (unpaired) electrons. The zero-order chi connectivity index (χ0) is 10.3. The van der Waals surface area contributed by atoms with E-state index in [2.05, 4.69) is 25.7 Å². The maximum Gasteiger partial charge on any atom is 0.153 e. The highest BCUT2D eigenvalue weighted by atomic mass is 16.1. The Morgan fingerprint density at radius 3 is 2.57 bits per heavy atom. The van der Waals surface area contributed by atoms with Gasteiger partial charge in [0.25, 0.3) is 0 Å². The first kappa shape index (κ1) is 10.2. The lowest BCUT2D eigenvalue weighted by atomic mass is 9.61. The van der Waals surface area contributed by atoms with Gasteiger partial charge in [0.2, 0.25) is 0 Å². The summed E-state index contributed by atoms with van der Waals surface area (Å²) < 4.78 is 0. The Morgan fingerprint density at radius 1 is 1.43 bits per heavy atom. The minimum Gasteiger partial charge on any atom is -0.298 e. The van der Waals surface area contributed by atoms with Gasteiger partial charge in [-0.25, -0.2) is 0 Å².